The SMILES string of the molecule is Cn1ncc2ccc(C3(N=C=O)CC3)cc21. The van der Waals surface area contributed by atoms with Crippen LogP contribution in [0.1, 0.15) is 18.4 Å². The van der Waals surface area contributed by atoms with Crippen molar-refractivity contribution in [1.82, 2.24) is 9.78 Å². The van der Waals surface area contributed by atoms with Gasteiger partial charge in [-0.15, -0.1) is 0 Å². The first-order chi connectivity index (χ1) is 7.75. The summed E-state index contributed by atoms with van der Waals surface area (Å²) in [4.78, 5) is 14.3. The zero-order valence-corrected chi connectivity index (χ0v) is 8.97. The summed E-state index contributed by atoms with van der Waals surface area (Å²) < 4.78 is 1.83. The van der Waals surface area contributed by atoms with Crippen LogP contribution < -0.4 is 0 Å². The molecule has 0 bridgehead atoms. The Morgan fingerprint density at radius 2 is 2.31 bits per heavy atom. The summed E-state index contributed by atoms with van der Waals surface area (Å²) >= 11 is 0. The highest BCUT2D eigenvalue weighted by molar-refractivity contribution is 5.79. The standard InChI is InChI=1S/C12H11N3O/c1-15-11-6-10(3-2-9(11)7-14-15)12(4-5-12)13-8-16/h2-3,6-7H,4-5H2,1H3. The molecule has 1 aliphatic rings. The van der Waals surface area contributed by atoms with Crippen molar-refractivity contribution >= 4 is 17.0 Å². The normalized spacial score (nSPS) is 17.1. The Morgan fingerprint density at radius 3 is 3.00 bits per heavy atom. The number of fused-ring (bicyclic) bond motifs is 1. The number of aromatic nitrogens is 2. The van der Waals surface area contributed by atoms with Gasteiger partial charge in [0.1, 0.15) is 0 Å². The minimum absolute atomic E-state index is 0.291. The van der Waals surface area contributed by atoms with Gasteiger partial charge >= 0.3 is 0 Å². The summed E-state index contributed by atoms with van der Waals surface area (Å²) in [5.74, 6) is 0. The molecule has 16 heavy (non-hydrogen) atoms. The topological polar surface area (TPSA) is 47.2 Å². The lowest BCUT2D eigenvalue weighted by molar-refractivity contribution is 0.556. The van der Waals surface area contributed by atoms with Crippen LogP contribution in [0.4, 0.5) is 0 Å². The molecule has 3 rings (SSSR count). The molecule has 1 saturated carbocycles. The van der Waals surface area contributed by atoms with Crippen molar-refractivity contribution in [3.63, 3.8) is 0 Å². The smallest absolute Gasteiger partial charge is 0.235 e. The van der Waals surface area contributed by atoms with Crippen molar-refractivity contribution in [1.29, 1.82) is 0 Å². The van der Waals surface area contributed by atoms with E-state index in [1.165, 1.54) is 0 Å². The first-order valence-corrected chi connectivity index (χ1v) is 5.26. The Hall–Kier alpha value is -1.93. The maximum absolute atomic E-state index is 10.4. The van der Waals surface area contributed by atoms with Crippen molar-refractivity contribution in [3.8, 4) is 0 Å². The minimum Gasteiger partial charge on any atom is -0.268 e. The number of rotatable bonds is 2. The van der Waals surface area contributed by atoms with Crippen molar-refractivity contribution in [3.05, 3.63) is 30.0 Å². The maximum atomic E-state index is 10.4. The molecule has 0 radical (unpaired) electrons. The molecule has 0 atom stereocenters. The summed E-state index contributed by atoms with van der Waals surface area (Å²) in [5.41, 5.74) is 1.87. The highest BCUT2D eigenvalue weighted by atomic mass is 16.1. The van der Waals surface area contributed by atoms with Gasteiger partial charge in [0.15, 0.2) is 0 Å². The van der Waals surface area contributed by atoms with Gasteiger partial charge in [0.25, 0.3) is 0 Å². The molecule has 0 saturated heterocycles. The molecule has 0 N–H and O–H groups in total. The zero-order valence-electron chi connectivity index (χ0n) is 8.97. The maximum Gasteiger partial charge on any atom is 0.235 e. The van der Waals surface area contributed by atoms with Gasteiger partial charge in [-0.25, -0.2) is 4.79 Å². The second-order valence-corrected chi connectivity index (χ2v) is 4.28. The van der Waals surface area contributed by atoms with Gasteiger partial charge in [-0.1, -0.05) is 12.1 Å². The number of aryl methyl sites for hydroxylation is 1. The molecular weight excluding hydrogens is 202 g/mol. The number of carbonyl (C=O) groups excluding carboxylic acids is 1. The fourth-order valence-electron chi connectivity index (χ4n) is 2.10. The molecule has 1 fully saturated rings. The van der Waals surface area contributed by atoms with Gasteiger partial charge in [-0.3, -0.25) is 4.68 Å². The highest BCUT2D eigenvalue weighted by Gasteiger charge is 2.44. The molecule has 0 amide bonds. The van der Waals surface area contributed by atoms with Crippen molar-refractivity contribution in [2.24, 2.45) is 12.0 Å². The van der Waals surface area contributed by atoms with E-state index in [2.05, 4.69) is 16.2 Å². The summed E-state index contributed by atoms with van der Waals surface area (Å²) in [6.07, 6.45) is 5.39. The van der Waals surface area contributed by atoms with E-state index in [0.29, 0.717) is 0 Å². The third kappa shape index (κ3) is 1.20. The summed E-state index contributed by atoms with van der Waals surface area (Å²) in [5, 5.41) is 5.30. The van der Waals surface area contributed by atoms with Crippen LogP contribution in [0.3, 0.4) is 0 Å². The minimum atomic E-state index is -0.291. The fraction of sp³-hybridized carbons (Fsp3) is 0.333. The van der Waals surface area contributed by atoms with E-state index in [1.807, 2.05) is 30.1 Å². The van der Waals surface area contributed by atoms with Crippen molar-refractivity contribution < 1.29 is 4.79 Å². The molecule has 80 valence electrons. The average molecular weight is 213 g/mol. The average Bonchev–Trinajstić information content (AvgIpc) is 2.99. The molecule has 1 aromatic heterocycles. The van der Waals surface area contributed by atoms with E-state index in [9.17, 15) is 4.79 Å². The van der Waals surface area contributed by atoms with Crippen LogP contribution in [-0.4, -0.2) is 15.9 Å². The third-order valence-electron chi connectivity index (χ3n) is 3.27. The lowest BCUT2D eigenvalue weighted by Crippen LogP contribution is -2.02. The van der Waals surface area contributed by atoms with Gasteiger partial charge in [0, 0.05) is 12.4 Å². The van der Waals surface area contributed by atoms with Crippen LogP contribution in [0.25, 0.3) is 10.9 Å². The lowest BCUT2D eigenvalue weighted by Gasteiger charge is -2.08. The Labute approximate surface area is 92.6 Å². The number of aliphatic imine (C=N–C) groups is 1. The molecule has 1 aromatic carbocycles. The van der Waals surface area contributed by atoms with Crippen LogP contribution in [0, 0.1) is 0 Å². The molecule has 1 heterocycles. The molecule has 0 spiro atoms. The van der Waals surface area contributed by atoms with E-state index < -0.39 is 0 Å². The summed E-state index contributed by atoms with van der Waals surface area (Å²) in [6.45, 7) is 0. The lowest BCUT2D eigenvalue weighted by atomic mass is 10.0. The number of hydrogen-bond acceptors (Lipinski definition) is 3. The van der Waals surface area contributed by atoms with Gasteiger partial charge in [0.05, 0.1) is 17.3 Å². The molecule has 0 unspecified atom stereocenters. The van der Waals surface area contributed by atoms with Gasteiger partial charge in [0.2, 0.25) is 6.08 Å². The predicted molar refractivity (Wildman–Crippen MR) is 59.7 cm³/mol. The van der Waals surface area contributed by atoms with Gasteiger partial charge in [-0.2, -0.15) is 10.1 Å². The van der Waals surface area contributed by atoms with Crippen LogP contribution >= 0.6 is 0 Å². The quantitative estimate of drug-likeness (QED) is 0.565. The second kappa shape index (κ2) is 3.03. The van der Waals surface area contributed by atoms with Crippen molar-refractivity contribution in [2.45, 2.75) is 18.4 Å². The van der Waals surface area contributed by atoms with E-state index >= 15 is 0 Å². The van der Waals surface area contributed by atoms with E-state index in [0.717, 1.165) is 29.3 Å². The van der Waals surface area contributed by atoms with Crippen LogP contribution in [0.15, 0.2) is 29.4 Å². The monoisotopic (exact) mass is 213 g/mol. The fourth-order valence-corrected chi connectivity index (χ4v) is 2.10. The largest absolute Gasteiger partial charge is 0.268 e. The molecular formula is C12H11N3O. The Bertz CT molecular complexity index is 604. The first kappa shape index (κ1) is 9.31. The van der Waals surface area contributed by atoms with Crippen LogP contribution in [0.5, 0.6) is 0 Å². The number of nitrogens with zero attached hydrogens (tertiary/aromatic N) is 3. The summed E-state index contributed by atoms with van der Waals surface area (Å²) in [6, 6.07) is 6.12. The third-order valence-corrected chi connectivity index (χ3v) is 3.27. The van der Waals surface area contributed by atoms with Gasteiger partial charge in [-0.05, 0) is 24.5 Å². The van der Waals surface area contributed by atoms with Crippen LogP contribution in [0.2, 0.25) is 0 Å². The highest BCUT2D eigenvalue weighted by Crippen LogP contribution is 2.49. The molecule has 4 heteroatoms. The first-order valence-electron chi connectivity index (χ1n) is 5.26. The van der Waals surface area contributed by atoms with Crippen LogP contribution in [-0.2, 0) is 17.4 Å². The summed E-state index contributed by atoms with van der Waals surface area (Å²) in [7, 11) is 1.91. The predicted octanol–water partition coefficient (Wildman–Crippen LogP) is 1.90. The number of benzene rings is 1. The molecule has 1 aliphatic carbocycles. The molecule has 4 nitrogen and oxygen atoms in total. The molecule has 2 aromatic rings. The molecule has 0 aliphatic heterocycles. The van der Waals surface area contributed by atoms with Gasteiger partial charge < -0.3 is 0 Å². The number of isocyanates is 1. The Balaban J connectivity index is 2.18. The van der Waals surface area contributed by atoms with E-state index in [4.69, 9.17) is 0 Å². The van der Waals surface area contributed by atoms with E-state index in [-0.39, 0.29) is 5.54 Å². The second-order valence-electron chi connectivity index (χ2n) is 4.28. The number of hydrogen-bond donors (Lipinski definition) is 0. The zero-order chi connectivity index (χ0) is 11.2. The van der Waals surface area contributed by atoms with Crippen molar-refractivity contribution in [2.75, 3.05) is 0 Å². The Kier molecular flexibility index (Phi) is 1.76. The van der Waals surface area contributed by atoms with E-state index in [1.54, 1.807) is 6.08 Å². The Morgan fingerprint density at radius 1 is 1.50 bits per heavy atom.